The molecule has 0 atom stereocenters. The van der Waals surface area contributed by atoms with E-state index in [0.717, 1.165) is 21.1 Å². The van der Waals surface area contributed by atoms with Crippen molar-refractivity contribution in [1.29, 1.82) is 0 Å². The number of hydrogen-bond acceptors (Lipinski definition) is 1. The van der Waals surface area contributed by atoms with Crippen LogP contribution in [-0.2, 0) is 6.54 Å². The number of benzene rings is 2. The van der Waals surface area contributed by atoms with Gasteiger partial charge in [0.25, 0.3) is 0 Å². The van der Waals surface area contributed by atoms with E-state index in [9.17, 15) is 4.39 Å². The number of rotatable bonds is 2. The van der Waals surface area contributed by atoms with Crippen LogP contribution in [0.2, 0.25) is 0 Å². The summed E-state index contributed by atoms with van der Waals surface area (Å²) >= 11 is 3.37. The number of halogens is 2. The predicted octanol–water partition coefficient (Wildman–Crippen LogP) is 4.17. The quantitative estimate of drug-likeness (QED) is 0.706. The maximum atomic E-state index is 13.8. The topological polar surface area (TPSA) is 30.9 Å². The second-order valence-electron chi connectivity index (χ2n) is 4.50. The Labute approximate surface area is 118 Å². The number of nitrogen functional groups attached to an aromatic ring is 1. The maximum Gasteiger partial charge on any atom is 0.128 e. The van der Waals surface area contributed by atoms with Gasteiger partial charge in [0.05, 0.1) is 6.54 Å². The first kappa shape index (κ1) is 12.2. The third kappa shape index (κ3) is 2.36. The van der Waals surface area contributed by atoms with E-state index in [1.165, 1.54) is 6.07 Å². The summed E-state index contributed by atoms with van der Waals surface area (Å²) in [5, 5.41) is 1.07. The van der Waals surface area contributed by atoms with Crippen LogP contribution in [0.5, 0.6) is 0 Å². The summed E-state index contributed by atoms with van der Waals surface area (Å²) in [6.45, 7) is 0.499. The van der Waals surface area contributed by atoms with Gasteiger partial charge in [-0.1, -0.05) is 15.9 Å². The van der Waals surface area contributed by atoms with Crippen LogP contribution in [0.15, 0.2) is 53.1 Å². The van der Waals surface area contributed by atoms with Crippen LogP contribution in [0.25, 0.3) is 10.9 Å². The lowest BCUT2D eigenvalue weighted by atomic mass is 10.2. The average molecular weight is 319 g/mol. The van der Waals surface area contributed by atoms with Crippen LogP contribution in [0, 0.1) is 5.82 Å². The number of hydrogen-bond donors (Lipinski definition) is 1. The molecule has 0 aliphatic carbocycles. The number of nitrogens with zero attached hydrogens (tertiary/aromatic N) is 1. The third-order valence-corrected chi connectivity index (χ3v) is 3.64. The molecule has 1 heterocycles. The molecule has 3 aromatic rings. The van der Waals surface area contributed by atoms with Gasteiger partial charge in [0.2, 0.25) is 0 Å². The van der Waals surface area contributed by atoms with Crippen molar-refractivity contribution in [3.05, 3.63) is 64.5 Å². The van der Waals surface area contributed by atoms with E-state index in [4.69, 9.17) is 5.73 Å². The van der Waals surface area contributed by atoms with E-state index in [-0.39, 0.29) is 5.82 Å². The lowest BCUT2D eigenvalue weighted by Gasteiger charge is -2.07. The van der Waals surface area contributed by atoms with Crippen LogP contribution in [0.3, 0.4) is 0 Å². The highest BCUT2D eigenvalue weighted by molar-refractivity contribution is 9.10. The molecular formula is C15H12BrFN2. The van der Waals surface area contributed by atoms with Crippen LogP contribution in [0.1, 0.15) is 5.56 Å². The molecule has 4 heteroatoms. The third-order valence-electron chi connectivity index (χ3n) is 3.14. The number of fused-ring (bicyclic) bond motifs is 1. The summed E-state index contributed by atoms with van der Waals surface area (Å²) in [5.41, 5.74) is 8.20. The van der Waals surface area contributed by atoms with Crippen LogP contribution < -0.4 is 5.73 Å². The minimum atomic E-state index is -0.194. The van der Waals surface area contributed by atoms with Gasteiger partial charge in [0, 0.05) is 32.8 Å². The Bertz CT molecular complexity index is 749. The largest absolute Gasteiger partial charge is 0.399 e. The standard InChI is InChI=1S/C15H12BrFN2/c16-12-1-3-14(17)11(7-12)9-19-6-5-10-8-13(18)2-4-15(10)19/h1-8H,9,18H2. The molecule has 0 aliphatic rings. The lowest BCUT2D eigenvalue weighted by Crippen LogP contribution is -2.00. The van der Waals surface area contributed by atoms with Crippen molar-refractivity contribution in [2.24, 2.45) is 0 Å². The molecule has 2 nitrogen and oxygen atoms in total. The molecular weight excluding hydrogens is 307 g/mol. The molecule has 0 spiro atoms. The normalized spacial score (nSPS) is 11.1. The van der Waals surface area contributed by atoms with Crippen LogP contribution in [-0.4, -0.2) is 4.57 Å². The highest BCUT2D eigenvalue weighted by Crippen LogP contribution is 2.22. The molecule has 0 amide bonds. The molecule has 19 heavy (non-hydrogen) atoms. The summed E-state index contributed by atoms with van der Waals surface area (Å²) < 4.78 is 16.7. The fraction of sp³-hybridized carbons (Fsp3) is 0.0667. The number of aromatic nitrogens is 1. The van der Waals surface area contributed by atoms with Crippen molar-refractivity contribution in [2.75, 3.05) is 5.73 Å². The first-order chi connectivity index (χ1) is 9.13. The summed E-state index contributed by atoms with van der Waals surface area (Å²) in [4.78, 5) is 0. The highest BCUT2D eigenvalue weighted by atomic mass is 79.9. The Morgan fingerprint density at radius 1 is 1.11 bits per heavy atom. The minimum absolute atomic E-state index is 0.194. The molecule has 0 fully saturated rings. The van der Waals surface area contributed by atoms with Crippen LogP contribution in [0.4, 0.5) is 10.1 Å². The van der Waals surface area contributed by atoms with Gasteiger partial charge < -0.3 is 10.3 Å². The van der Waals surface area contributed by atoms with E-state index < -0.39 is 0 Å². The average Bonchev–Trinajstić information content (AvgIpc) is 2.76. The SMILES string of the molecule is Nc1ccc2c(ccn2Cc2cc(Br)ccc2F)c1. The highest BCUT2D eigenvalue weighted by Gasteiger charge is 2.06. The zero-order chi connectivity index (χ0) is 13.4. The van der Waals surface area contributed by atoms with Crippen molar-refractivity contribution in [1.82, 2.24) is 4.57 Å². The van der Waals surface area contributed by atoms with Gasteiger partial charge in [-0.3, -0.25) is 0 Å². The number of anilines is 1. The Hall–Kier alpha value is -1.81. The molecule has 0 saturated heterocycles. The number of nitrogens with two attached hydrogens (primary N) is 1. The maximum absolute atomic E-state index is 13.8. The molecule has 3 rings (SSSR count). The Morgan fingerprint density at radius 3 is 2.79 bits per heavy atom. The molecule has 2 aromatic carbocycles. The van der Waals surface area contributed by atoms with Crippen molar-refractivity contribution < 1.29 is 4.39 Å². The van der Waals surface area contributed by atoms with Gasteiger partial charge in [-0.25, -0.2) is 4.39 Å². The predicted molar refractivity (Wildman–Crippen MR) is 79.6 cm³/mol. The van der Waals surface area contributed by atoms with Gasteiger partial charge in [-0.15, -0.1) is 0 Å². The fourth-order valence-electron chi connectivity index (χ4n) is 2.20. The Morgan fingerprint density at radius 2 is 1.95 bits per heavy atom. The summed E-state index contributed by atoms with van der Waals surface area (Å²) in [6.07, 6.45) is 1.95. The summed E-state index contributed by atoms with van der Waals surface area (Å²) in [7, 11) is 0. The molecule has 96 valence electrons. The molecule has 0 saturated carbocycles. The molecule has 2 N–H and O–H groups in total. The van der Waals surface area contributed by atoms with Crippen LogP contribution >= 0.6 is 15.9 Å². The zero-order valence-corrected chi connectivity index (χ0v) is 11.7. The monoisotopic (exact) mass is 318 g/mol. The van der Waals surface area contributed by atoms with Crippen molar-refractivity contribution >= 4 is 32.5 Å². The molecule has 0 unspecified atom stereocenters. The first-order valence-electron chi connectivity index (χ1n) is 5.92. The summed E-state index contributed by atoms with van der Waals surface area (Å²) in [6, 6.07) is 12.7. The van der Waals surface area contributed by atoms with Gasteiger partial charge in [-0.05, 0) is 42.5 Å². The van der Waals surface area contributed by atoms with E-state index in [1.807, 2.05) is 35.0 Å². The van der Waals surface area contributed by atoms with Crippen molar-refractivity contribution in [3.63, 3.8) is 0 Å². The zero-order valence-electron chi connectivity index (χ0n) is 10.1. The molecule has 0 aliphatic heterocycles. The van der Waals surface area contributed by atoms with E-state index >= 15 is 0 Å². The van der Waals surface area contributed by atoms with E-state index in [2.05, 4.69) is 15.9 Å². The van der Waals surface area contributed by atoms with Gasteiger partial charge in [0.1, 0.15) is 5.82 Å². The van der Waals surface area contributed by atoms with Gasteiger partial charge in [0.15, 0.2) is 0 Å². The Kier molecular flexibility index (Phi) is 3.03. The molecule has 1 aromatic heterocycles. The van der Waals surface area contributed by atoms with Crippen molar-refractivity contribution in [3.8, 4) is 0 Å². The lowest BCUT2D eigenvalue weighted by molar-refractivity contribution is 0.601. The summed E-state index contributed by atoms with van der Waals surface area (Å²) in [5.74, 6) is -0.194. The second kappa shape index (κ2) is 4.70. The smallest absolute Gasteiger partial charge is 0.128 e. The van der Waals surface area contributed by atoms with E-state index in [1.54, 1.807) is 12.1 Å². The van der Waals surface area contributed by atoms with Gasteiger partial charge >= 0.3 is 0 Å². The van der Waals surface area contributed by atoms with Crippen molar-refractivity contribution in [2.45, 2.75) is 6.54 Å². The van der Waals surface area contributed by atoms with Gasteiger partial charge in [-0.2, -0.15) is 0 Å². The Balaban J connectivity index is 2.03. The fourth-order valence-corrected chi connectivity index (χ4v) is 2.61. The molecule has 0 radical (unpaired) electrons. The second-order valence-corrected chi connectivity index (χ2v) is 5.41. The molecule has 0 bridgehead atoms. The minimum Gasteiger partial charge on any atom is -0.399 e. The van der Waals surface area contributed by atoms with E-state index in [0.29, 0.717) is 12.1 Å². The first-order valence-corrected chi connectivity index (χ1v) is 6.71.